The third-order valence-electron chi connectivity index (χ3n) is 7.66. The molecule has 1 fully saturated rings. The van der Waals surface area contributed by atoms with Crippen LogP contribution in [0.1, 0.15) is 67.6 Å². The molecule has 1 unspecified atom stereocenters. The van der Waals surface area contributed by atoms with Crippen molar-refractivity contribution >= 4 is 16.6 Å². The second-order valence-electron chi connectivity index (χ2n) is 10.1. The minimum atomic E-state index is -0.797. The smallest absolute Gasteiger partial charge is 0.159 e. The highest BCUT2D eigenvalue weighted by Crippen LogP contribution is 2.37. The van der Waals surface area contributed by atoms with E-state index in [0.717, 1.165) is 37.1 Å². The molecule has 0 saturated heterocycles. The summed E-state index contributed by atoms with van der Waals surface area (Å²) in [5, 5.41) is 1.21. The van der Waals surface area contributed by atoms with Crippen molar-refractivity contribution in [1.29, 1.82) is 0 Å². The molecule has 5 rings (SSSR count). The first kappa shape index (κ1) is 23.6. The van der Waals surface area contributed by atoms with Gasteiger partial charge in [0.1, 0.15) is 0 Å². The molecule has 1 aliphatic carbocycles. The topological polar surface area (TPSA) is 30.9 Å². The van der Waals surface area contributed by atoms with Gasteiger partial charge in [-0.05, 0) is 85.0 Å². The lowest BCUT2D eigenvalue weighted by Crippen LogP contribution is -2.13. The van der Waals surface area contributed by atoms with Crippen LogP contribution in [0, 0.1) is 17.6 Å². The molecule has 2 N–H and O–H groups in total. The van der Waals surface area contributed by atoms with E-state index in [9.17, 15) is 8.78 Å². The number of anilines is 1. The third-order valence-corrected chi connectivity index (χ3v) is 7.66. The van der Waals surface area contributed by atoms with Gasteiger partial charge in [0.2, 0.25) is 0 Å². The molecular formula is C31H34F2N2. The number of nitrogen functional groups attached to an aromatic ring is 1. The number of halogens is 2. The molecule has 1 aromatic heterocycles. The number of para-hydroxylation sites is 1. The zero-order valence-corrected chi connectivity index (χ0v) is 20.2. The molecule has 0 amide bonds. The highest BCUT2D eigenvalue weighted by Gasteiger charge is 2.22. The molecule has 0 aliphatic heterocycles. The predicted octanol–water partition coefficient (Wildman–Crippen LogP) is 8.24. The molecule has 3 aromatic carbocycles. The van der Waals surface area contributed by atoms with Crippen LogP contribution < -0.4 is 5.73 Å². The molecule has 182 valence electrons. The van der Waals surface area contributed by atoms with Crippen molar-refractivity contribution < 1.29 is 8.78 Å². The molecule has 0 bridgehead atoms. The largest absolute Gasteiger partial charge is 0.399 e. The van der Waals surface area contributed by atoms with Gasteiger partial charge in [-0.25, -0.2) is 8.78 Å². The molecule has 0 radical (unpaired) electrons. The average Bonchev–Trinajstić information content (AvgIpc) is 3.23. The Morgan fingerprint density at radius 2 is 1.66 bits per heavy atom. The first-order valence-electron chi connectivity index (χ1n) is 13.0. The van der Waals surface area contributed by atoms with Gasteiger partial charge in [0, 0.05) is 35.2 Å². The van der Waals surface area contributed by atoms with Crippen molar-refractivity contribution in [3.05, 3.63) is 101 Å². The summed E-state index contributed by atoms with van der Waals surface area (Å²) in [7, 11) is 0. The van der Waals surface area contributed by atoms with E-state index in [1.54, 1.807) is 6.07 Å². The van der Waals surface area contributed by atoms with Crippen molar-refractivity contribution in [1.82, 2.24) is 4.57 Å². The Bertz CT molecular complexity index is 1270. The molecule has 1 aliphatic rings. The lowest BCUT2D eigenvalue weighted by molar-refractivity contribution is 0.322. The Kier molecular flexibility index (Phi) is 7.17. The normalized spacial score (nSPS) is 15.5. The van der Waals surface area contributed by atoms with Crippen LogP contribution in [0.5, 0.6) is 0 Å². The third kappa shape index (κ3) is 5.42. The predicted molar refractivity (Wildman–Crippen MR) is 141 cm³/mol. The van der Waals surface area contributed by atoms with Crippen LogP contribution in [0.15, 0.2) is 72.9 Å². The summed E-state index contributed by atoms with van der Waals surface area (Å²) >= 11 is 0. The summed E-state index contributed by atoms with van der Waals surface area (Å²) in [6.45, 7) is 1.02. The number of aryl methyl sites for hydroxylation is 1. The number of nitrogens with zero attached hydrogens (tertiary/aromatic N) is 1. The van der Waals surface area contributed by atoms with Gasteiger partial charge in [0.15, 0.2) is 11.6 Å². The van der Waals surface area contributed by atoms with Gasteiger partial charge in [-0.1, -0.05) is 55.7 Å². The summed E-state index contributed by atoms with van der Waals surface area (Å²) in [6, 6.07) is 20.9. The fourth-order valence-electron chi connectivity index (χ4n) is 5.78. The van der Waals surface area contributed by atoms with Crippen molar-refractivity contribution in [2.24, 2.45) is 5.92 Å². The van der Waals surface area contributed by atoms with E-state index in [0.29, 0.717) is 5.92 Å². The fraction of sp³-hybridized carbons (Fsp3) is 0.355. The zero-order chi connectivity index (χ0) is 24.2. The molecule has 0 spiro atoms. The summed E-state index contributed by atoms with van der Waals surface area (Å²) in [6.07, 6.45) is 11.6. The van der Waals surface area contributed by atoms with E-state index < -0.39 is 11.6 Å². The first-order valence-corrected chi connectivity index (χ1v) is 13.0. The number of fused-ring (bicyclic) bond motifs is 1. The molecule has 1 saturated carbocycles. The quantitative estimate of drug-likeness (QED) is 0.257. The van der Waals surface area contributed by atoms with Crippen LogP contribution in [0.3, 0.4) is 0 Å². The van der Waals surface area contributed by atoms with Gasteiger partial charge < -0.3 is 10.3 Å². The number of rotatable bonds is 8. The maximum Gasteiger partial charge on any atom is 0.159 e. The Balaban J connectivity index is 1.47. The zero-order valence-electron chi connectivity index (χ0n) is 20.2. The second-order valence-corrected chi connectivity index (χ2v) is 10.1. The summed E-state index contributed by atoms with van der Waals surface area (Å²) in [5.41, 5.74) is 11.1. The Morgan fingerprint density at radius 1 is 0.886 bits per heavy atom. The minimum absolute atomic E-state index is 0.00334. The summed E-state index contributed by atoms with van der Waals surface area (Å²) < 4.78 is 30.5. The average molecular weight is 473 g/mol. The fourth-order valence-corrected chi connectivity index (χ4v) is 5.78. The van der Waals surface area contributed by atoms with Gasteiger partial charge in [-0.3, -0.25) is 0 Å². The molecule has 4 heteroatoms. The van der Waals surface area contributed by atoms with Crippen LogP contribution in [-0.4, -0.2) is 4.57 Å². The van der Waals surface area contributed by atoms with E-state index in [1.165, 1.54) is 66.3 Å². The Hall–Kier alpha value is -3.14. The van der Waals surface area contributed by atoms with Gasteiger partial charge in [-0.2, -0.15) is 0 Å². The minimum Gasteiger partial charge on any atom is -0.399 e. The van der Waals surface area contributed by atoms with Crippen LogP contribution in [0.2, 0.25) is 0 Å². The van der Waals surface area contributed by atoms with Crippen molar-refractivity contribution in [2.75, 3.05) is 5.73 Å². The number of nitrogens with two attached hydrogens (primary N) is 1. The van der Waals surface area contributed by atoms with Gasteiger partial charge >= 0.3 is 0 Å². The number of hydrogen-bond acceptors (Lipinski definition) is 1. The lowest BCUT2D eigenvalue weighted by atomic mass is 9.86. The molecule has 1 atom stereocenters. The van der Waals surface area contributed by atoms with Crippen molar-refractivity contribution in [2.45, 2.75) is 63.8 Å². The molecule has 1 heterocycles. The van der Waals surface area contributed by atoms with E-state index in [2.05, 4.69) is 47.2 Å². The SMILES string of the molecule is Nc1ccc(CCCC(c2ccc(F)c(F)c2)c2cn(CC3CCCCC3)c3ccccc23)cc1. The van der Waals surface area contributed by atoms with Crippen LogP contribution in [0.25, 0.3) is 10.9 Å². The highest BCUT2D eigenvalue weighted by molar-refractivity contribution is 5.85. The van der Waals surface area contributed by atoms with E-state index in [-0.39, 0.29) is 5.92 Å². The van der Waals surface area contributed by atoms with E-state index in [1.807, 2.05) is 12.1 Å². The standard InChI is InChI=1S/C31H34F2N2/c32-29-18-15-24(19-30(29)33)26(11-6-9-22-13-16-25(34)17-14-22)28-21-35(20-23-7-2-1-3-8-23)31-12-5-4-10-27(28)31/h4-5,10,12-19,21,23,26H,1-3,6-9,11,20,34H2. The second kappa shape index (κ2) is 10.6. The van der Waals surface area contributed by atoms with Gasteiger partial charge in [0.25, 0.3) is 0 Å². The van der Waals surface area contributed by atoms with Crippen LogP contribution in [-0.2, 0) is 13.0 Å². The number of aromatic nitrogens is 1. The lowest BCUT2D eigenvalue weighted by Gasteiger charge is -2.22. The molecule has 35 heavy (non-hydrogen) atoms. The Morgan fingerprint density at radius 3 is 2.43 bits per heavy atom. The first-order chi connectivity index (χ1) is 17.1. The monoisotopic (exact) mass is 472 g/mol. The molecule has 4 aromatic rings. The van der Waals surface area contributed by atoms with Crippen LogP contribution in [0.4, 0.5) is 14.5 Å². The number of hydrogen-bond donors (Lipinski definition) is 1. The highest BCUT2D eigenvalue weighted by atomic mass is 19.2. The van der Waals surface area contributed by atoms with Gasteiger partial charge in [-0.15, -0.1) is 0 Å². The summed E-state index contributed by atoms with van der Waals surface area (Å²) in [5.74, 6) is -0.873. The summed E-state index contributed by atoms with van der Waals surface area (Å²) in [4.78, 5) is 0. The molecular weight excluding hydrogens is 438 g/mol. The van der Waals surface area contributed by atoms with Gasteiger partial charge in [0.05, 0.1) is 0 Å². The van der Waals surface area contributed by atoms with Crippen LogP contribution >= 0.6 is 0 Å². The maximum absolute atomic E-state index is 14.3. The molecule has 2 nitrogen and oxygen atoms in total. The van der Waals surface area contributed by atoms with E-state index in [4.69, 9.17) is 5.73 Å². The van der Waals surface area contributed by atoms with Crippen molar-refractivity contribution in [3.63, 3.8) is 0 Å². The van der Waals surface area contributed by atoms with Crippen molar-refractivity contribution in [3.8, 4) is 0 Å². The number of benzene rings is 3. The maximum atomic E-state index is 14.3. The Labute approximate surface area is 206 Å². The van der Waals surface area contributed by atoms with E-state index >= 15 is 0 Å².